The van der Waals surface area contributed by atoms with E-state index in [1.165, 1.54) is 20.8 Å². The second-order valence-corrected chi connectivity index (χ2v) is 3.84. The van der Waals surface area contributed by atoms with Gasteiger partial charge in [-0.15, -0.1) is 0 Å². The maximum absolute atomic E-state index is 11.2. The van der Waals surface area contributed by atoms with Gasteiger partial charge >= 0.3 is 17.9 Å². The van der Waals surface area contributed by atoms with E-state index >= 15 is 0 Å². The molecule has 0 aliphatic rings. The van der Waals surface area contributed by atoms with Gasteiger partial charge in [0, 0.05) is 19.4 Å². The molecule has 0 aliphatic carbocycles. The highest BCUT2D eigenvalue weighted by Gasteiger charge is 2.24. The molecule has 6 heteroatoms. The van der Waals surface area contributed by atoms with E-state index in [1.54, 1.807) is 6.92 Å². The van der Waals surface area contributed by atoms with Crippen molar-refractivity contribution >= 4 is 17.9 Å². The normalized spacial score (nSPS) is 13.1. The van der Waals surface area contributed by atoms with Crippen LogP contribution in [0.1, 0.15) is 27.7 Å². The molecule has 18 heavy (non-hydrogen) atoms. The number of carbonyl (C=O) groups excluding carboxylic acids is 3. The van der Waals surface area contributed by atoms with Crippen molar-refractivity contribution in [3.63, 3.8) is 0 Å². The number of esters is 3. The second kappa shape index (κ2) is 7.47. The zero-order chi connectivity index (χ0) is 14.3. The molecule has 102 valence electrons. The van der Waals surface area contributed by atoms with Gasteiger partial charge in [0.1, 0.15) is 12.7 Å². The average Bonchev–Trinajstić information content (AvgIpc) is 2.21. The number of hydrogen-bond acceptors (Lipinski definition) is 6. The molecule has 0 spiro atoms. The summed E-state index contributed by atoms with van der Waals surface area (Å²) in [7, 11) is 0. The van der Waals surface area contributed by atoms with Crippen molar-refractivity contribution in [2.75, 3.05) is 6.61 Å². The maximum Gasteiger partial charge on any atom is 0.333 e. The molecule has 0 aliphatic heterocycles. The number of rotatable bonds is 6. The van der Waals surface area contributed by atoms with Gasteiger partial charge in [0.15, 0.2) is 6.10 Å². The molecular weight excluding hydrogens is 240 g/mol. The summed E-state index contributed by atoms with van der Waals surface area (Å²) in [5, 5.41) is 0. The Hall–Kier alpha value is -1.85. The van der Waals surface area contributed by atoms with Gasteiger partial charge in [0.05, 0.1) is 0 Å². The number of carbonyl (C=O) groups is 3. The van der Waals surface area contributed by atoms with Crippen LogP contribution in [0.25, 0.3) is 0 Å². The van der Waals surface area contributed by atoms with Gasteiger partial charge < -0.3 is 14.2 Å². The first-order valence-electron chi connectivity index (χ1n) is 5.41. The fourth-order valence-electron chi connectivity index (χ4n) is 1.10. The Bertz CT molecular complexity index is 346. The van der Waals surface area contributed by atoms with E-state index in [4.69, 9.17) is 14.2 Å². The monoisotopic (exact) mass is 258 g/mol. The summed E-state index contributed by atoms with van der Waals surface area (Å²) in [6, 6.07) is 0. The number of hydrogen-bond donors (Lipinski definition) is 0. The highest BCUT2D eigenvalue weighted by molar-refractivity contribution is 5.86. The third-order valence-corrected chi connectivity index (χ3v) is 1.92. The lowest BCUT2D eigenvalue weighted by Gasteiger charge is -2.22. The molecule has 2 atom stereocenters. The van der Waals surface area contributed by atoms with Crippen LogP contribution in [0, 0.1) is 0 Å². The first-order valence-corrected chi connectivity index (χ1v) is 5.41. The molecule has 6 nitrogen and oxygen atoms in total. The smallest absolute Gasteiger partial charge is 0.333 e. The highest BCUT2D eigenvalue weighted by Crippen LogP contribution is 2.07. The van der Waals surface area contributed by atoms with Crippen LogP contribution >= 0.6 is 0 Å². The van der Waals surface area contributed by atoms with Gasteiger partial charge in [0.25, 0.3) is 0 Å². The van der Waals surface area contributed by atoms with Gasteiger partial charge in [-0.3, -0.25) is 9.59 Å². The van der Waals surface area contributed by atoms with Crippen LogP contribution in [0.4, 0.5) is 0 Å². The van der Waals surface area contributed by atoms with Crippen LogP contribution in [0.2, 0.25) is 0 Å². The van der Waals surface area contributed by atoms with E-state index in [-0.39, 0.29) is 12.2 Å². The minimum atomic E-state index is -0.838. The first kappa shape index (κ1) is 16.1. The molecule has 0 radical (unpaired) electrons. The molecule has 0 saturated carbocycles. The van der Waals surface area contributed by atoms with E-state index in [9.17, 15) is 14.4 Å². The predicted molar refractivity (Wildman–Crippen MR) is 62.6 cm³/mol. The van der Waals surface area contributed by atoms with E-state index in [0.29, 0.717) is 0 Å². The number of ether oxygens (including phenoxy) is 3. The summed E-state index contributed by atoms with van der Waals surface area (Å²) in [6.45, 7) is 8.72. The van der Waals surface area contributed by atoms with Crippen LogP contribution in [-0.4, -0.2) is 36.7 Å². The van der Waals surface area contributed by atoms with Crippen molar-refractivity contribution < 1.29 is 28.6 Å². The minimum Gasteiger partial charge on any atom is -0.459 e. The van der Waals surface area contributed by atoms with E-state index in [0.717, 1.165) is 0 Å². The van der Waals surface area contributed by atoms with Gasteiger partial charge in [-0.2, -0.15) is 0 Å². The molecule has 0 rings (SSSR count). The Morgan fingerprint density at radius 2 is 1.56 bits per heavy atom. The fourth-order valence-corrected chi connectivity index (χ4v) is 1.10. The Morgan fingerprint density at radius 3 is 1.94 bits per heavy atom. The Balaban J connectivity index is 4.48. The SMILES string of the molecule is C=C(C)C(=O)OCC(OC(C)=O)C(C)OC(C)=O. The van der Waals surface area contributed by atoms with Crippen molar-refractivity contribution in [2.24, 2.45) is 0 Å². The molecule has 2 unspecified atom stereocenters. The van der Waals surface area contributed by atoms with Crippen LogP contribution < -0.4 is 0 Å². The summed E-state index contributed by atoms with van der Waals surface area (Å²) in [5.41, 5.74) is 0.233. The summed E-state index contributed by atoms with van der Waals surface area (Å²) in [6.07, 6.45) is -1.54. The van der Waals surface area contributed by atoms with Crippen molar-refractivity contribution in [1.29, 1.82) is 0 Å². The highest BCUT2D eigenvalue weighted by atomic mass is 16.6. The molecule has 0 aromatic heterocycles. The van der Waals surface area contributed by atoms with Crippen molar-refractivity contribution in [3.8, 4) is 0 Å². The third kappa shape index (κ3) is 6.67. The van der Waals surface area contributed by atoms with Crippen LogP contribution in [0.5, 0.6) is 0 Å². The van der Waals surface area contributed by atoms with E-state index < -0.39 is 30.1 Å². The molecule has 0 heterocycles. The topological polar surface area (TPSA) is 78.9 Å². The lowest BCUT2D eigenvalue weighted by molar-refractivity contribution is -0.171. The standard InChI is InChI=1S/C12H18O6/c1-7(2)12(15)16-6-11(18-10(5)14)8(3)17-9(4)13/h8,11H,1,6H2,2-5H3. The molecule has 0 aromatic rings. The molecule has 0 saturated heterocycles. The maximum atomic E-state index is 11.2. The van der Waals surface area contributed by atoms with Crippen molar-refractivity contribution in [2.45, 2.75) is 39.9 Å². The Kier molecular flexibility index (Phi) is 6.70. The summed E-state index contributed by atoms with van der Waals surface area (Å²) < 4.78 is 14.7. The van der Waals surface area contributed by atoms with Crippen LogP contribution in [0.15, 0.2) is 12.2 Å². The van der Waals surface area contributed by atoms with Crippen LogP contribution in [0.3, 0.4) is 0 Å². The predicted octanol–water partition coefficient (Wildman–Crippen LogP) is 0.989. The molecule has 0 bridgehead atoms. The lowest BCUT2D eigenvalue weighted by atomic mass is 10.2. The second-order valence-electron chi connectivity index (χ2n) is 3.84. The fraction of sp³-hybridized carbons (Fsp3) is 0.583. The zero-order valence-electron chi connectivity index (χ0n) is 11.0. The van der Waals surface area contributed by atoms with Gasteiger partial charge in [-0.1, -0.05) is 6.58 Å². The van der Waals surface area contributed by atoms with Crippen molar-refractivity contribution in [3.05, 3.63) is 12.2 Å². The summed E-state index contributed by atoms with van der Waals surface area (Å²) >= 11 is 0. The molecule has 0 amide bonds. The molecule has 0 fully saturated rings. The van der Waals surface area contributed by atoms with Crippen LogP contribution in [-0.2, 0) is 28.6 Å². The summed E-state index contributed by atoms with van der Waals surface area (Å²) in [4.78, 5) is 32.9. The Labute approximate surface area is 106 Å². The van der Waals surface area contributed by atoms with Crippen molar-refractivity contribution in [1.82, 2.24) is 0 Å². The van der Waals surface area contributed by atoms with E-state index in [2.05, 4.69) is 6.58 Å². The van der Waals surface area contributed by atoms with Gasteiger partial charge in [0.2, 0.25) is 0 Å². The molecular formula is C12H18O6. The molecule has 0 aromatic carbocycles. The quantitative estimate of drug-likeness (QED) is 0.401. The Morgan fingerprint density at radius 1 is 1.06 bits per heavy atom. The van der Waals surface area contributed by atoms with Gasteiger partial charge in [-0.05, 0) is 13.8 Å². The summed E-state index contributed by atoms with van der Waals surface area (Å²) in [5.74, 6) is -1.65. The zero-order valence-corrected chi connectivity index (χ0v) is 11.0. The molecule has 0 N–H and O–H groups in total. The average molecular weight is 258 g/mol. The third-order valence-electron chi connectivity index (χ3n) is 1.92. The lowest BCUT2D eigenvalue weighted by Crippen LogP contribution is -2.36. The van der Waals surface area contributed by atoms with E-state index in [1.807, 2.05) is 0 Å². The minimum absolute atomic E-state index is 0.195. The van der Waals surface area contributed by atoms with Gasteiger partial charge in [-0.25, -0.2) is 4.79 Å². The largest absolute Gasteiger partial charge is 0.459 e. The first-order chi connectivity index (χ1) is 8.23.